The van der Waals surface area contributed by atoms with Gasteiger partial charge in [0.05, 0.1) is 6.04 Å². The lowest BCUT2D eigenvalue weighted by atomic mass is 9.93. The molecule has 6 heteroatoms. The number of rotatable bonds is 5. The fourth-order valence-corrected chi connectivity index (χ4v) is 5.54. The number of amides is 1. The first-order chi connectivity index (χ1) is 12.3. The smallest absolute Gasteiger partial charge is 0.410 e. The highest BCUT2D eigenvalue weighted by molar-refractivity contribution is 5.70. The van der Waals surface area contributed by atoms with Crippen LogP contribution in [0.5, 0.6) is 0 Å². The third-order valence-corrected chi connectivity index (χ3v) is 7.47. The number of hydrogen-bond donors (Lipinski definition) is 0. The maximum atomic E-state index is 11.7. The fourth-order valence-electron chi connectivity index (χ4n) is 5.54. The summed E-state index contributed by atoms with van der Waals surface area (Å²) in [7, 11) is 2.26. The lowest BCUT2D eigenvalue weighted by molar-refractivity contribution is 0.0736. The Balaban J connectivity index is 1.26. The van der Waals surface area contributed by atoms with Gasteiger partial charge in [0.15, 0.2) is 0 Å². The minimum absolute atomic E-state index is 0.117. The molecule has 4 saturated heterocycles. The molecule has 0 radical (unpaired) electrons. The van der Waals surface area contributed by atoms with E-state index in [-0.39, 0.29) is 17.7 Å². The lowest BCUT2D eigenvalue weighted by Gasteiger charge is -2.41. The average Bonchev–Trinajstić information content (AvgIpc) is 3.26. The molecule has 4 atom stereocenters. The van der Waals surface area contributed by atoms with Crippen molar-refractivity contribution < 1.29 is 9.53 Å². The molecular formula is C20H36N4O2. The zero-order valence-electron chi connectivity index (χ0n) is 17.0. The van der Waals surface area contributed by atoms with Crippen LogP contribution in [-0.4, -0.2) is 103 Å². The molecule has 0 saturated carbocycles. The molecule has 4 heterocycles. The number of cyclic esters (lactones) is 1. The SMILES string of the molecule is CC(CCC(C)(C)N1CC2CN(C)CC2C1)N1CCN2C(=O)OCC2C1. The van der Waals surface area contributed by atoms with Gasteiger partial charge in [0, 0.05) is 57.4 Å². The summed E-state index contributed by atoms with van der Waals surface area (Å²) in [6.07, 6.45) is 2.35. The van der Waals surface area contributed by atoms with E-state index in [9.17, 15) is 4.79 Å². The van der Waals surface area contributed by atoms with Crippen LogP contribution in [0.4, 0.5) is 4.79 Å². The van der Waals surface area contributed by atoms with Crippen LogP contribution in [0, 0.1) is 11.8 Å². The fraction of sp³-hybridized carbons (Fsp3) is 0.950. The van der Waals surface area contributed by atoms with Gasteiger partial charge in [-0.2, -0.15) is 0 Å². The van der Waals surface area contributed by atoms with Crippen molar-refractivity contribution in [3.63, 3.8) is 0 Å². The quantitative estimate of drug-likeness (QED) is 0.740. The Morgan fingerprint density at radius 2 is 1.81 bits per heavy atom. The maximum absolute atomic E-state index is 11.7. The van der Waals surface area contributed by atoms with Gasteiger partial charge in [-0.1, -0.05) is 0 Å². The highest BCUT2D eigenvalue weighted by Crippen LogP contribution is 2.36. The van der Waals surface area contributed by atoms with Gasteiger partial charge in [-0.3, -0.25) is 14.7 Å². The van der Waals surface area contributed by atoms with E-state index in [1.54, 1.807) is 0 Å². The first kappa shape index (κ1) is 18.5. The Morgan fingerprint density at radius 3 is 2.50 bits per heavy atom. The van der Waals surface area contributed by atoms with E-state index in [0.717, 1.165) is 31.5 Å². The molecule has 26 heavy (non-hydrogen) atoms. The van der Waals surface area contributed by atoms with Crippen LogP contribution in [0.1, 0.15) is 33.6 Å². The lowest BCUT2D eigenvalue weighted by Crippen LogP contribution is -2.54. The summed E-state index contributed by atoms with van der Waals surface area (Å²) in [6.45, 7) is 15.7. The Hall–Kier alpha value is -0.850. The monoisotopic (exact) mass is 364 g/mol. The topological polar surface area (TPSA) is 39.3 Å². The van der Waals surface area contributed by atoms with Crippen LogP contribution in [0.25, 0.3) is 0 Å². The molecule has 4 rings (SSSR count). The largest absolute Gasteiger partial charge is 0.447 e. The third kappa shape index (κ3) is 3.48. The van der Waals surface area contributed by atoms with E-state index < -0.39 is 0 Å². The molecule has 4 unspecified atom stereocenters. The molecule has 0 bridgehead atoms. The molecule has 0 aliphatic carbocycles. The Labute approximate surface area is 158 Å². The number of ether oxygens (including phenoxy) is 1. The van der Waals surface area contributed by atoms with Crippen molar-refractivity contribution in [2.75, 3.05) is 59.5 Å². The van der Waals surface area contributed by atoms with Crippen molar-refractivity contribution in [1.29, 1.82) is 0 Å². The number of hydrogen-bond acceptors (Lipinski definition) is 5. The predicted octanol–water partition coefficient (Wildman–Crippen LogP) is 1.56. The molecule has 6 nitrogen and oxygen atoms in total. The van der Waals surface area contributed by atoms with Crippen molar-refractivity contribution in [3.05, 3.63) is 0 Å². The maximum Gasteiger partial charge on any atom is 0.410 e. The van der Waals surface area contributed by atoms with Crippen LogP contribution in [-0.2, 0) is 4.74 Å². The van der Waals surface area contributed by atoms with Crippen LogP contribution in [0.3, 0.4) is 0 Å². The van der Waals surface area contributed by atoms with E-state index in [4.69, 9.17) is 4.74 Å². The van der Waals surface area contributed by atoms with Gasteiger partial charge in [0.2, 0.25) is 0 Å². The highest BCUT2D eigenvalue weighted by Gasteiger charge is 2.43. The number of likely N-dealkylation sites (tertiary alicyclic amines) is 2. The number of carbonyl (C=O) groups excluding carboxylic acids is 1. The van der Waals surface area contributed by atoms with Crippen LogP contribution in [0.15, 0.2) is 0 Å². The number of carbonyl (C=O) groups is 1. The standard InChI is InChI=1S/C20H36N4O2/c1-15(22-7-8-24-18(13-22)14-26-19(24)25)5-6-20(2,3)23-11-16-9-21(4)10-17(16)12-23/h15-18H,5-14H2,1-4H3. The van der Waals surface area contributed by atoms with Crippen molar-refractivity contribution >= 4 is 6.09 Å². The van der Waals surface area contributed by atoms with Gasteiger partial charge >= 0.3 is 6.09 Å². The first-order valence-corrected chi connectivity index (χ1v) is 10.4. The summed E-state index contributed by atoms with van der Waals surface area (Å²) >= 11 is 0. The van der Waals surface area contributed by atoms with Crippen LogP contribution < -0.4 is 0 Å². The molecule has 1 amide bonds. The summed E-state index contributed by atoms with van der Waals surface area (Å²) < 4.78 is 5.20. The van der Waals surface area contributed by atoms with Gasteiger partial charge in [-0.15, -0.1) is 0 Å². The van der Waals surface area contributed by atoms with Gasteiger partial charge in [-0.05, 0) is 52.5 Å². The van der Waals surface area contributed by atoms with Gasteiger partial charge in [0.1, 0.15) is 6.61 Å². The molecule has 0 aromatic rings. The normalized spacial score (nSPS) is 34.8. The first-order valence-electron chi connectivity index (χ1n) is 10.4. The summed E-state index contributed by atoms with van der Waals surface area (Å²) in [6, 6.07) is 0.835. The second-order valence-electron chi connectivity index (χ2n) is 9.77. The van der Waals surface area contributed by atoms with Crippen molar-refractivity contribution in [2.45, 2.75) is 51.2 Å². The third-order valence-electron chi connectivity index (χ3n) is 7.47. The second kappa shape index (κ2) is 6.95. The molecule has 0 spiro atoms. The van der Waals surface area contributed by atoms with Crippen molar-refractivity contribution in [1.82, 2.24) is 19.6 Å². The zero-order chi connectivity index (χ0) is 18.5. The summed E-state index contributed by atoms with van der Waals surface area (Å²) in [5.41, 5.74) is 0.283. The van der Waals surface area contributed by atoms with E-state index in [2.05, 4.69) is 42.5 Å². The van der Waals surface area contributed by atoms with Crippen LogP contribution in [0.2, 0.25) is 0 Å². The molecule has 4 aliphatic rings. The summed E-state index contributed by atoms with van der Waals surface area (Å²) in [5, 5.41) is 0. The van der Waals surface area contributed by atoms with Gasteiger partial charge in [-0.25, -0.2) is 4.79 Å². The van der Waals surface area contributed by atoms with Crippen molar-refractivity contribution in [2.24, 2.45) is 11.8 Å². The molecule has 0 aromatic carbocycles. The Kier molecular flexibility index (Phi) is 4.95. The molecular weight excluding hydrogens is 328 g/mol. The minimum atomic E-state index is -0.117. The molecule has 4 aliphatic heterocycles. The van der Waals surface area contributed by atoms with E-state index >= 15 is 0 Å². The van der Waals surface area contributed by atoms with E-state index in [1.807, 2.05) is 4.90 Å². The predicted molar refractivity (Wildman–Crippen MR) is 102 cm³/mol. The summed E-state index contributed by atoms with van der Waals surface area (Å²) in [5.74, 6) is 1.76. The zero-order valence-corrected chi connectivity index (χ0v) is 17.0. The second-order valence-corrected chi connectivity index (χ2v) is 9.77. The minimum Gasteiger partial charge on any atom is -0.447 e. The Morgan fingerprint density at radius 1 is 1.12 bits per heavy atom. The molecule has 4 fully saturated rings. The van der Waals surface area contributed by atoms with E-state index in [0.29, 0.717) is 12.6 Å². The van der Waals surface area contributed by atoms with Crippen LogP contribution >= 0.6 is 0 Å². The Bertz CT molecular complexity index is 526. The average molecular weight is 365 g/mol. The number of fused-ring (bicyclic) bond motifs is 2. The number of piperazine rings is 1. The summed E-state index contributed by atoms with van der Waals surface area (Å²) in [4.78, 5) is 21.4. The van der Waals surface area contributed by atoms with E-state index in [1.165, 1.54) is 39.0 Å². The van der Waals surface area contributed by atoms with Gasteiger partial charge < -0.3 is 9.64 Å². The molecule has 0 N–H and O–H groups in total. The van der Waals surface area contributed by atoms with Gasteiger partial charge in [0.25, 0.3) is 0 Å². The number of nitrogens with zero attached hydrogens (tertiary/aromatic N) is 4. The molecule has 0 aromatic heterocycles. The van der Waals surface area contributed by atoms with Crippen molar-refractivity contribution in [3.8, 4) is 0 Å². The molecule has 148 valence electrons. The highest BCUT2D eigenvalue weighted by atomic mass is 16.6.